The zero-order valence-corrected chi connectivity index (χ0v) is 3.55. The minimum absolute atomic E-state index is 0.220. The smallest absolute Gasteiger partial charge is 0.269 e. The molecule has 0 saturated carbocycles. The molecular formula is C4H4NO2. The Balaban J connectivity index is 2.47. The molecule has 0 aliphatic carbocycles. The van der Waals surface area contributed by atoms with E-state index in [1.54, 1.807) is 0 Å². The van der Waals surface area contributed by atoms with Crippen LogP contribution in [-0.2, 0) is 9.53 Å². The lowest BCUT2D eigenvalue weighted by Crippen LogP contribution is -2.20. The molecule has 1 N–H and O–H groups in total. The lowest BCUT2D eigenvalue weighted by Gasteiger charge is -2.02. The average molecular weight is 98.1 g/mol. The third kappa shape index (κ3) is 0.924. The van der Waals surface area contributed by atoms with Crippen molar-refractivity contribution in [1.82, 2.24) is 5.32 Å². The second-order valence-corrected chi connectivity index (χ2v) is 1.07. The molecule has 1 rings (SSSR count). The van der Waals surface area contributed by atoms with E-state index in [0.717, 1.165) is 6.61 Å². The van der Waals surface area contributed by atoms with Crippen LogP contribution in [0, 0.1) is 6.61 Å². The van der Waals surface area contributed by atoms with Crippen LogP contribution in [0.5, 0.6) is 0 Å². The van der Waals surface area contributed by atoms with Gasteiger partial charge in [0.15, 0.2) is 0 Å². The summed E-state index contributed by atoms with van der Waals surface area (Å²) in [6.45, 7) is 1.10. The predicted molar refractivity (Wildman–Crippen MR) is 22.7 cm³/mol. The first kappa shape index (κ1) is 4.18. The van der Waals surface area contributed by atoms with E-state index in [4.69, 9.17) is 0 Å². The van der Waals surface area contributed by atoms with Gasteiger partial charge in [-0.2, -0.15) is 0 Å². The van der Waals surface area contributed by atoms with Gasteiger partial charge in [0.1, 0.15) is 6.26 Å². The van der Waals surface area contributed by atoms with Gasteiger partial charge in [-0.25, -0.2) is 0 Å². The van der Waals surface area contributed by atoms with E-state index in [1.807, 2.05) is 0 Å². The molecule has 0 fully saturated rings. The van der Waals surface area contributed by atoms with Crippen molar-refractivity contribution < 1.29 is 9.53 Å². The Bertz CT molecular complexity index is 108. The Morgan fingerprint density at radius 1 is 1.71 bits per heavy atom. The standard InChI is InChI=1S/C4H4NO2/c6-4-3-7-2-1-5-4/h1-3H,(H,5,6). The molecule has 0 bridgehead atoms. The molecule has 3 nitrogen and oxygen atoms in total. The maximum absolute atomic E-state index is 10.1. The predicted octanol–water partition coefficient (Wildman–Crippen LogP) is -0.234. The van der Waals surface area contributed by atoms with Crippen LogP contribution >= 0.6 is 0 Å². The number of amides is 1. The molecule has 37 valence electrons. The van der Waals surface area contributed by atoms with Crippen molar-refractivity contribution in [3.05, 3.63) is 19.1 Å². The molecule has 1 aliphatic rings. The van der Waals surface area contributed by atoms with Gasteiger partial charge in [-0.15, -0.1) is 0 Å². The van der Waals surface area contributed by atoms with Crippen LogP contribution in [0.1, 0.15) is 0 Å². The molecule has 1 radical (unpaired) electrons. The molecule has 7 heavy (non-hydrogen) atoms. The van der Waals surface area contributed by atoms with Crippen LogP contribution in [-0.4, -0.2) is 5.91 Å². The first-order valence-corrected chi connectivity index (χ1v) is 1.84. The van der Waals surface area contributed by atoms with Crippen molar-refractivity contribution in [3.8, 4) is 0 Å². The molecule has 0 saturated heterocycles. The Hall–Kier alpha value is -0.990. The quantitative estimate of drug-likeness (QED) is 0.454. The Labute approximate surface area is 41.0 Å². The molecular weight excluding hydrogens is 94.0 g/mol. The van der Waals surface area contributed by atoms with Gasteiger partial charge in [0.05, 0.1) is 0 Å². The zero-order chi connectivity index (χ0) is 5.11. The van der Waals surface area contributed by atoms with Gasteiger partial charge in [-0.05, 0) is 0 Å². The first-order valence-electron chi connectivity index (χ1n) is 1.84. The average Bonchev–Trinajstić information content (AvgIpc) is 1.69. The third-order valence-electron chi connectivity index (χ3n) is 0.547. The van der Waals surface area contributed by atoms with Crippen molar-refractivity contribution >= 4 is 5.91 Å². The van der Waals surface area contributed by atoms with Gasteiger partial charge in [0, 0.05) is 6.20 Å². The first-order chi connectivity index (χ1) is 3.39. The minimum atomic E-state index is -0.220. The van der Waals surface area contributed by atoms with Gasteiger partial charge in [-0.1, -0.05) is 0 Å². The highest BCUT2D eigenvalue weighted by atomic mass is 16.5. The maximum atomic E-state index is 10.1. The van der Waals surface area contributed by atoms with E-state index in [2.05, 4.69) is 10.1 Å². The van der Waals surface area contributed by atoms with Gasteiger partial charge < -0.3 is 10.1 Å². The Kier molecular flexibility index (Phi) is 0.978. The number of rotatable bonds is 0. The molecule has 1 heterocycles. The van der Waals surface area contributed by atoms with Gasteiger partial charge >= 0.3 is 0 Å². The van der Waals surface area contributed by atoms with E-state index in [0.29, 0.717) is 0 Å². The SMILES string of the molecule is O=C1[CH]OC=CN1. The fraction of sp³-hybridized carbons (Fsp3) is 0. The van der Waals surface area contributed by atoms with Gasteiger partial charge in [-0.3, -0.25) is 4.79 Å². The summed E-state index contributed by atoms with van der Waals surface area (Å²) in [7, 11) is 0. The molecule has 0 spiro atoms. The second kappa shape index (κ2) is 1.64. The number of hydrogen-bond acceptors (Lipinski definition) is 2. The highest BCUT2D eigenvalue weighted by Gasteiger charge is 2.00. The lowest BCUT2D eigenvalue weighted by atomic mass is 10.6. The summed E-state index contributed by atoms with van der Waals surface area (Å²) < 4.78 is 4.46. The summed E-state index contributed by atoms with van der Waals surface area (Å²) in [5.41, 5.74) is 0. The summed E-state index contributed by atoms with van der Waals surface area (Å²) in [4.78, 5) is 10.1. The van der Waals surface area contributed by atoms with E-state index >= 15 is 0 Å². The summed E-state index contributed by atoms with van der Waals surface area (Å²) >= 11 is 0. The van der Waals surface area contributed by atoms with Crippen molar-refractivity contribution in [3.63, 3.8) is 0 Å². The number of ether oxygens (including phenoxy) is 1. The molecule has 0 aromatic heterocycles. The van der Waals surface area contributed by atoms with E-state index in [9.17, 15) is 4.79 Å². The molecule has 0 aromatic carbocycles. The largest absolute Gasteiger partial charge is 0.482 e. The van der Waals surface area contributed by atoms with Crippen LogP contribution in [0.3, 0.4) is 0 Å². The molecule has 0 unspecified atom stereocenters. The summed E-state index contributed by atoms with van der Waals surface area (Å²) in [5, 5.41) is 2.38. The Morgan fingerprint density at radius 3 is 2.86 bits per heavy atom. The minimum Gasteiger partial charge on any atom is -0.482 e. The lowest BCUT2D eigenvalue weighted by molar-refractivity contribution is -0.120. The highest BCUT2D eigenvalue weighted by Crippen LogP contribution is 1.87. The van der Waals surface area contributed by atoms with Gasteiger partial charge in [0.2, 0.25) is 6.61 Å². The highest BCUT2D eigenvalue weighted by molar-refractivity contribution is 5.84. The normalized spacial score (nSPS) is 18.0. The van der Waals surface area contributed by atoms with Crippen LogP contribution in [0.25, 0.3) is 0 Å². The van der Waals surface area contributed by atoms with Crippen LogP contribution in [0.4, 0.5) is 0 Å². The van der Waals surface area contributed by atoms with Crippen molar-refractivity contribution in [2.24, 2.45) is 0 Å². The molecule has 0 atom stereocenters. The van der Waals surface area contributed by atoms with Gasteiger partial charge in [0.25, 0.3) is 5.91 Å². The molecule has 1 aliphatic heterocycles. The van der Waals surface area contributed by atoms with E-state index in [1.165, 1.54) is 12.5 Å². The van der Waals surface area contributed by atoms with E-state index in [-0.39, 0.29) is 5.91 Å². The summed E-state index contributed by atoms with van der Waals surface area (Å²) in [6, 6.07) is 0. The molecule has 0 aromatic rings. The molecule has 3 heteroatoms. The maximum Gasteiger partial charge on any atom is 0.269 e. The number of carbonyl (C=O) groups excluding carboxylic acids is 1. The summed E-state index contributed by atoms with van der Waals surface area (Å²) in [6.07, 6.45) is 2.82. The van der Waals surface area contributed by atoms with Crippen molar-refractivity contribution in [2.45, 2.75) is 0 Å². The fourth-order valence-corrected chi connectivity index (χ4v) is 0.291. The van der Waals surface area contributed by atoms with E-state index < -0.39 is 0 Å². The van der Waals surface area contributed by atoms with Crippen molar-refractivity contribution in [1.29, 1.82) is 0 Å². The zero-order valence-electron chi connectivity index (χ0n) is 3.55. The fourth-order valence-electron chi connectivity index (χ4n) is 0.291. The number of nitrogens with one attached hydrogen (secondary N) is 1. The summed E-state index contributed by atoms with van der Waals surface area (Å²) in [5.74, 6) is -0.220. The molecule has 1 amide bonds. The second-order valence-electron chi connectivity index (χ2n) is 1.07. The van der Waals surface area contributed by atoms with Crippen LogP contribution in [0.15, 0.2) is 12.5 Å². The topological polar surface area (TPSA) is 38.3 Å². The van der Waals surface area contributed by atoms with Crippen LogP contribution in [0.2, 0.25) is 0 Å². The van der Waals surface area contributed by atoms with Crippen LogP contribution < -0.4 is 5.32 Å². The number of carbonyl (C=O) groups is 1. The monoisotopic (exact) mass is 98.0 g/mol. The van der Waals surface area contributed by atoms with Crippen molar-refractivity contribution in [2.75, 3.05) is 0 Å². The number of hydrogen-bond donors (Lipinski definition) is 1. The Morgan fingerprint density at radius 2 is 2.57 bits per heavy atom. The third-order valence-corrected chi connectivity index (χ3v) is 0.547.